The number of carbonyl (C=O) groups is 2. The van der Waals surface area contributed by atoms with Gasteiger partial charge in [0.15, 0.2) is 0 Å². The molecule has 25 heavy (non-hydrogen) atoms. The first-order valence-electron chi connectivity index (χ1n) is 8.80. The van der Waals surface area contributed by atoms with Gasteiger partial charge in [0.1, 0.15) is 0 Å². The summed E-state index contributed by atoms with van der Waals surface area (Å²) in [6.45, 7) is 11.1. The van der Waals surface area contributed by atoms with Gasteiger partial charge in [0, 0.05) is 44.6 Å². The second-order valence-electron chi connectivity index (χ2n) is 6.50. The van der Waals surface area contributed by atoms with Crippen LogP contribution >= 0.6 is 0 Å². The number of aromatic nitrogens is 2. The summed E-state index contributed by atoms with van der Waals surface area (Å²) >= 11 is 0. The van der Waals surface area contributed by atoms with E-state index >= 15 is 0 Å². The molecule has 1 amide bonds. The average Bonchev–Trinajstić information content (AvgIpc) is 2.81. The van der Waals surface area contributed by atoms with Gasteiger partial charge in [-0.15, -0.1) is 0 Å². The molecule has 1 N–H and O–H groups in total. The minimum Gasteiger partial charge on any atom is -0.481 e. The van der Waals surface area contributed by atoms with Gasteiger partial charge in [-0.2, -0.15) is 5.10 Å². The van der Waals surface area contributed by atoms with Crippen LogP contribution in [0.4, 0.5) is 0 Å². The van der Waals surface area contributed by atoms with Crippen LogP contribution in [-0.2, 0) is 21.4 Å². The molecule has 0 aromatic carbocycles. The van der Waals surface area contributed by atoms with Crippen LogP contribution < -0.4 is 0 Å². The number of hydrogen-bond donors (Lipinski definition) is 1. The molecule has 0 aliphatic rings. The maximum Gasteiger partial charge on any atom is 0.308 e. The van der Waals surface area contributed by atoms with E-state index in [-0.39, 0.29) is 18.4 Å². The largest absolute Gasteiger partial charge is 0.481 e. The van der Waals surface area contributed by atoms with Gasteiger partial charge >= 0.3 is 5.97 Å². The van der Waals surface area contributed by atoms with Crippen molar-refractivity contribution < 1.29 is 19.4 Å². The first-order valence-corrected chi connectivity index (χ1v) is 8.80. The molecule has 0 aliphatic carbocycles. The lowest BCUT2D eigenvalue weighted by Crippen LogP contribution is -2.40. The summed E-state index contributed by atoms with van der Waals surface area (Å²) in [6, 6.07) is 0. The van der Waals surface area contributed by atoms with Gasteiger partial charge in [0.05, 0.1) is 17.5 Å². The van der Waals surface area contributed by atoms with Crippen molar-refractivity contribution in [1.82, 2.24) is 14.7 Å². The number of carboxylic acid groups (broad SMARTS) is 1. The molecule has 0 bridgehead atoms. The molecule has 1 aromatic heterocycles. The van der Waals surface area contributed by atoms with Crippen LogP contribution in [0.15, 0.2) is 0 Å². The van der Waals surface area contributed by atoms with Gasteiger partial charge in [0.2, 0.25) is 5.91 Å². The predicted molar refractivity (Wildman–Crippen MR) is 95.6 cm³/mol. The van der Waals surface area contributed by atoms with E-state index in [0.29, 0.717) is 26.2 Å². The highest BCUT2D eigenvalue weighted by Crippen LogP contribution is 2.25. The highest BCUT2D eigenvalue weighted by Gasteiger charge is 2.28. The van der Waals surface area contributed by atoms with Gasteiger partial charge in [-0.25, -0.2) is 0 Å². The van der Waals surface area contributed by atoms with Crippen LogP contribution in [0.1, 0.15) is 50.1 Å². The van der Waals surface area contributed by atoms with Crippen molar-refractivity contribution in [3.05, 3.63) is 17.0 Å². The van der Waals surface area contributed by atoms with Crippen LogP contribution in [0.2, 0.25) is 0 Å². The molecule has 0 spiro atoms. The third-order valence-corrected chi connectivity index (χ3v) is 4.52. The fourth-order valence-corrected chi connectivity index (χ4v) is 3.02. The fraction of sp³-hybridized carbons (Fsp3) is 0.722. The van der Waals surface area contributed by atoms with Crippen molar-refractivity contribution in [1.29, 1.82) is 0 Å². The molecular formula is C18H31N3O4. The molecule has 1 aromatic rings. The number of carbonyl (C=O) groups excluding carboxylic acids is 1. The topological polar surface area (TPSA) is 84.7 Å². The molecule has 0 radical (unpaired) electrons. The highest BCUT2D eigenvalue weighted by atomic mass is 16.5. The number of aryl methyl sites for hydroxylation is 2. The first kappa shape index (κ1) is 21.2. The molecule has 2 atom stereocenters. The maximum absolute atomic E-state index is 13.0. The number of hydrogen-bond acceptors (Lipinski definition) is 4. The SMILES string of the molecule is CCOCCCN(CC(C)C(=O)O)C(=O)C(C)c1c(C)nn(C)c1C. The maximum atomic E-state index is 13.0. The molecule has 0 saturated heterocycles. The minimum atomic E-state index is -0.899. The van der Waals surface area contributed by atoms with Gasteiger partial charge in [0.25, 0.3) is 0 Å². The molecule has 142 valence electrons. The number of ether oxygens (including phenoxy) is 1. The second kappa shape index (κ2) is 9.56. The van der Waals surface area contributed by atoms with Crippen molar-refractivity contribution in [2.45, 2.75) is 47.0 Å². The molecule has 0 saturated carbocycles. The van der Waals surface area contributed by atoms with Crippen molar-refractivity contribution in [3.63, 3.8) is 0 Å². The lowest BCUT2D eigenvalue weighted by molar-refractivity contribution is -0.143. The monoisotopic (exact) mass is 353 g/mol. The van der Waals surface area contributed by atoms with Crippen LogP contribution in [0.25, 0.3) is 0 Å². The summed E-state index contributed by atoms with van der Waals surface area (Å²) in [6.07, 6.45) is 0.684. The predicted octanol–water partition coefficient (Wildman–Crippen LogP) is 2.12. The van der Waals surface area contributed by atoms with E-state index < -0.39 is 11.9 Å². The van der Waals surface area contributed by atoms with Gasteiger partial charge in [-0.1, -0.05) is 6.92 Å². The minimum absolute atomic E-state index is 0.0659. The third-order valence-electron chi connectivity index (χ3n) is 4.52. The first-order chi connectivity index (χ1) is 11.7. The zero-order valence-corrected chi connectivity index (χ0v) is 16.2. The Morgan fingerprint density at radius 2 is 1.96 bits per heavy atom. The summed E-state index contributed by atoms with van der Waals surface area (Å²) < 4.78 is 7.11. The second-order valence-corrected chi connectivity index (χ2v) is 6.50. The zero-order valence-electron chi connectivity index (χ0n) is 16.2. The zero-order chi connectivity index (χ0) is 19.1. The molecular weight excluding hydrogens is 322 g/mol. The standard InChI is InChI=1S/C18H31N3O4/c1-7-25-10-8-9-21(11-12(2)18(23)24)17(22)13(3)16-14(4)19-20(6)15(16)5/h12-13H,7-11H2,1-6H3,(H,23,24). The molecule has 2 unspecified atom stereocenters. The van der Waals surface area contributed by atoms with E-state index in [2.05, 4.69) is 5.10 Å². The number of amides is 1. The summed E-state index contributed by atoms with van der Waals surface area (Å²) in [5, 5.41) is 13.6. The van der Waals surface area contributed by atoms with Crippen LogP contribution in [0, 0.1) is 19.8 Å². The van der Waals surface area contributed by atoms with E-state index in [0.717, 1.165) is 17.0 Å². The Kier molecular flexibility index (Phi) is 8.09. The quantitative estimate of drug-likeness (QED) is 0.651. The van der Waals surface area contributed by atoms with Gasteiger partial charge < -0.3 is 14.7 Å². The Morgan fingerprint density at radius 3 is 2.44 bits per heavy atom. The Morgan fingerprint density at radius 1 is 1.32 bits per heavy atom. The van der Waals surface area contributed by atoms with Gasteiger partial charge in [-0.3, -0.25) is 14.3 Å². The number of aliphatic carboxylic acids is 1. The van der Waals surface area contributed by atoms with E-state index in [4.69, 9.17) is 4.74 Å². The highest BCUT2D eigenvalue weighted by molar-refractivity contribution is 5.84. The molecule has 7 nitrogen and oxygen atoms in total. The van der Waals surface area contributed by atoms with Gasteiger partial charge in [-0.05, 0) is 34.1 Å². The van der Waals surface area contributed by atoms with Crippen molar-refractivity contribution in [3.8, 4) is 0 Å². The Balaban J connectivity index is 2.93. The normalized spacial score (nSPS) is 13.5. The summed E-state index contributed by atoms with van der Waals surface area (Å²) in [4.78, 5) is 25.9. The fourth-order valence-electron chi connectivity index (χ4n) is 3.02. The third kappa shape index (κ3) is 5.56. The Bertz CT molecular complexity index is 597. The van der Waals surface area contributed by atoms with E-state index in [9.17, 15) is 14.7 Å². The average molecular weight is 353 g/mol. The molecule has 0 aliphatic heterocycles. The van der Waals surface area contributed by atoms with E-state index in [1.54, 1.807) is 16.5 Å². The Hall–Kier alpha value is -1.89. The van der Waals surface area contributed by atoms with Crippen molar-refractivity contribution in [2.75, 3.05) is 26.3 Å². The number of carboxylic acids is 1. The van der Waals surface area contributed by atoms with E-state index in [1.165, 1.54) is 0 Å². The number of nitrogens with zero attached hydrogens (tertiary/aromatic N) is 3. The van der Waals surface area contributed by atoms with Crippen LogP contribution in [0.5, 0.6) is 0 Å². The molecule has 0 fully saturated rings. The summed E-state index contributed by atoms with van der Waals surface area (Å²) in [7, 11) is 1.86. The molecule has 7 heteroatoms. The van der Waals surface area contributed by atoms with Crippen molar-refractivity contribution >= 4 is 11.9 Å². The van der Waals surface area contributed by atoms with Crippen LogP contribution in [-0.4, -0.2) is 58.0 Å². The van der Waals surface area contributed by atoms with E-state index in [1.807, 2.05) is 34.7 Å². The Labute approximate surface area is 150 Å². The summed E-state index contributed by atoms with van der Waals surface area (Å²) in [5.74, 6) is -1.94. The summed E-state index contributed by atoms with van der Waals surface area (Å²) in [5.41, 5.74) is 2.71. The molecule has 1 rings (SSSR count). The smallest absolute Gasteiger partial charge is 0.308 e. The van der Waals surface area contributed by atoms with Crippen LogP contribution in [0.3, 0.4) is 0 Å². The lowest BCUT2D eigenvalue weighted by atomic mass is 9.97. The number of rotatable bonds is 10. The molecule has 1 heterocycles. The van der Waals surface area contributed by atoms with Crippen molar-refractivity contribution in [2.24, 2.45) is 13.0 Å². The lowest BCUT2D eigenvalue weighted by Gasteiger charge is -2.27.